The van der Waals surface area contributed by atoms with Crippen LogP contribution in [0.15, 0.2) is 24.3 Å². The smallest absolute Gasteiger partial charge is 0.305 e. The quantitative estimate of drug-likeness (QED) is 0.0320. The summed E-state index contributed by atoms with van der Waals surface area (Å²) in [5.41, 5.74) is 0. The summed E-state index contributed by atoms with van der Waals surface area (Å²) in [5.74, 6) is -0.0324. The molecular weight excluding hydrogens is 947 g/mol. The summed E-state index contributed by atoms with van der Waals surface area (Å²) in [7, 11) is 0. The number of carbonyl (C=O) groups excluding carboxylic acids is 2. The van der Waals surface area contributed by atoms with Crippen LogP contribution in [0, 0.1) is 0 Å². The Morgan fingerprint density at radius 1 is 0.364 bits per heavy atom. The van der Waals surface area contributed by atoms with Gasteiger partial charge in [-0.1, -0.05) is 346 Å². The number of unbranched alkanes of at least 4 members (excludes halogenated alkanes) is 51. The molecule has 1 amide bonds. The van der Waals surface area contributed by atoms with Gasteiger partial charge in [-0.25, -0.2) is 0 Å². The molecule has 456 valence electrons. The summed E-state index contributed by atoms with van der Waals surface area (Å²) in [6.45, 7) is 4.96. The van der Waals surface area contributed by atoms with Crippen LogP contribution < -0.4 is 5.32 Å². The van der Waals surface area contributed by atoms with Gasteiger partial charge in [0.25, 0.3) is 0 Å². The van der Waals surface area contributed by atoms with E-state index in [4.69, 9.17) is 4.74 Å². The number of ether oxygens (including phenoxy) is 1. The van der Waals surface area contributed by atoms with E-state index in [-0.39, 0.29) is 18.5 Å². The Balaban J connectivity index is 3.39. The number of amides is 1. The number of aliphatic hydroxyl groups excluding tert-OH is 2. The van der Waals surface area contributed by atoms with Gasteiger partial charge in [0.1, 0.15) is 0 Å². The van der Waals surface area contributed by atoms with E-state index in [1.807, 2.05) is 0 Å². The van der Waals surface area contributed by atoms with Gasteiger partial charge < -0.3 is 20.3 Å². The molecule has 0 aromatic carbocycles. The molecule has 0 aliphatic heterocycles. The largest absolute Gasteiger partial charge is 0.466 e. The van der Waals surface area contributed by atoms with Crippen molar-refractivity contribution in [1.29, 1.82) is 0 Å². The molecule has 2 atom stereocenters. The second kappa shape index (κ2) is 66.8. The lowest BCUT2D eigenvalue weighted by atomic mass is 10.0. The third-order valence-corrected chi connectivity index (χ3v) is 16.5. The number of carbonyl (C=O) groups is 2. The van der Waals surface area contributed by atoms with E-state index in [2.05, 4.69) is 43.5 Å². The summed E-state index contributed by atoms with van der Waals surface area (Å²) in [4.78, 5) is 24.6. The lowest BCUT2D eigenvalue weighted by Crippen LogP contribution is -2.45. The highest BCUT2D eigenvalue weighted by Gasteiger charge is 2.20. The van der Waals surface area contributed by atoms with E-state index < -0.39 is 12.1 Å². The number of allylic oxidation sites excluding steroid dienone is 4. The average Bonchev–Trinajstić information content (AvgIpc) is 3.43. The van der Waals surface area contributed by atoms with Gasteiger partial charge in [-0.2, -0.15) is 0 Å². The highest BCUT2D eigenvalue weighted by Crippen LogP contribution is 2.19. The van der Waals surface area contributed by atoms with Crippen LogP contribution in [0.3, 0.4) is 0 Å². The van der Waals surface area contributed by atoms with Gasteiger partial charge in [-0.15, -0.1) is 0 Å². The standard InChI is InChI=1S/C71H137NO5/c1-3-5-7-9-11-13-15-17-19-20-21-22-23-24-26-29-32-36-39-43-47-51-55-59-63-69(74)68(67-73)72-70(75)64-60-56-52-48-44-40-37-33-30-27-25-28-31-34-38-42-46-50-54-58-62-66-77-71(76)65-61-57-53-49-45-41-35-18-16-14-12-10-8-6-4-2/h12,14,18,35,68-69,73-74H,3-11,13,15-17,19-34,36-67H2,1-2H3,(H,72,75)/b14-12-,35-18-. The van der Waals surface area contributed by atoms with Crippen LogP contribution in [0.2, 0.25) is 0 Å². The number of rotatable bonds is 66. The first kappa shape index (κ1) is 75.3. The molecule has 6 nitrogen and oxygen atoms in total. The van der Waals surface area contributed by atoms with Crippen molar-refractivity contribution in [3.8, 4) is 0 Å². The van der Waals surface area contributed by atoms with Crippen molar-refractivity contribution in [1.82, 2.24) is 5.32 Å². The van der Waals surface area contributed by atoms with Crippen molar-refractivity contribution >= 4 is 11.9 Å². The molecule has 2 unspecified atom stereocenters. The number of nitrogens with one attached hydrogen (secondary N) is 1. The molecule has 0 heterocycles. The van der Waals surface area contributed by atoms with Crippen molar-refractivity contribution in [3.05, 3.63) is 24.3 Å². The summed E-state index contributed by atoms with van der Waals surface area (Å²) >= 11 is 0. The third kappa shape index (κ3) is 63.4. The van der Waals surface area contributed by atoms with Crippen LogP contribution in [-0.4, -0.2) is 47.4 Å². The van der Waals surface area contributed by atoms with Gasteiger partial charge >= 0.3 is 5.97 Å². The van der Waals surface area contributed by atoms with E-state index in [9.17, 15) is 19.8 Å². The topological polar surface area (TPSA) is 95.9 Å². The minimum atomic E-state index is -0.667. The fourth-order valence-electron chi connectivity index (χ4n) is 11.1. The number of aliphatic hydroxyl groups is 2. The minimum Gasteiger partial charge on any atom is -0.466 e. The molecule has 0 aliphatic rings. The van der Waals surface area contributed by atoms with Gasteiger partial charge in [0.2, 0.25) is 5.91 Å². The minimum absolute atomic E-state index is 0.000965. The molecule has 77 heavy (non-hydrogen) atoms. The zero-order valence-corrected chi connectivity index (χ0v) is 52.2. The maximum Gasteiger partial charge on any atom is 0.305 e. The Bertz CT molecular complexity index is 1200. The summed E-state index contributed by atoms with van der Waals surface area (Å²) in [6, 6.07) is -0.544. The highest BCUT2D eigenvalue weighted by atomic mass is 16.5. The molecule has 0 fully saturated rings. The van der Waals surface area contributed by atoms with Crippen LogP contribution in [0.1, 0.15) is 393 Å². The summed E-state index contributed by atoms with van der Waals surface area (Å²) < 4.78 is 5.48. The van der Waals surface area contributed by atoms with Gasteiger partial charge in [0.15, 0.2) is 0 Å². The lowest BCUT2D eigenvalue weighted by Gasteiger charge is -2.22. The van der Waals surface area contributed by atoms with Crippen LogP contribution in [0.25, 0.3) is 0 Å². The van der Waals surface area contributed by atoms with E-state index in [1.165, 1.54) is 308 Å². The van der Waals surface area contributed by atoms with Crippen molar-refractivity contribution in [2.45, 2.75) is 405 Å². The van der Waals surface area contributed by atoms with Gasteiger partial charge in [-0.3, -0.25) is 9.59 Å². The van der Waals surface area contributed by atoms with Gasteiger partial charge in [-0.05, 0) is 57.8 Å². The van der Waals surface area contributed by atoms with Crippen molar-refractivity contribution < 1.29 is 24.5 Å². The molecule has 0 saturated heterocycles. The Kier molecular flexibility index (Phi) is 65.4. The maximum atomic E-state index is 12.6. The molecule has 0 bridgehead atoms. The number of hydrogen-bond acceptors (Lipinski definition) is 5. The average molecular weight is 1080 g/mol. The highest BCUT2D eigenvalue weighted by molar-refractivity contribution is 5.76. The van der Waals surface area contributed by atoms with Crippen LogP contribution >= 0.6 is 0 Å². The lowest BCUT2D eigenvalue weighted by molar-refractivity contribution is -0.143. The monoisotopic (exact) mass is 1080 g/mol. The molecule has 6 heteroatoms. The third-order valence-electron chi connectivity index (χ3n) is 16.5. The molecule has 0 rings (SSSR count). The SMILES string of the molecule is CCCCC/C=C\C/C=C\CCCCCCCC(=O)OCCCCCCCCCCCCCCCCCCCCCCCC(=O)NC(CO)C(O)CCCCCCCCCCCCCCCCCCCCCCCCCC. The van der Waals surface area contributed by atoms with Crippen molar-refractivity contribution in [2.75, 3.05) is 13.2 Å². The molecule has 3 N–H and O–H groups in total. The zero-order valence-electron chi connectivity index (χ0n) is 52.2. The first-order valence-electron chi connectivity index (χ1n) is 35.1. The Labute approximate surface area is 481 Å². The van der Waals surface area contributed by atoms with Crippen LogP contribution in [0.5, 0.6) is 0 Å². The van der Waals surface area contributed by atoms with E-state index >= 15 is 0 Å². The molecular formula is C71H137NO5. The number of esters is 1. The fraction of sp³-hybridized carbons (Fsp3) is 0.915. The van der Waals surface area contributed by atoms with Crippen molar-refractivity contribution in [2.24, 2.45) is 0 Å². The second-order valence-electron chi connectivity index (χ2n) is 24.2. The fourth-order valence-corrected chi connectivity index (χ4v) is 11.1. The molecule has 0 aromatic heterocycles. The second-order valence-corrected chi connectivity index (χ2v) is 24.2. The molecule has 0 aliphatic carbocycles. The zero-order chi connectivity index (χ0) is 55.7. The predicted octanol–water partition coefficient (Wildman–Crippen LogP) is 22.5. The van der Waals surface area contributed by atoms with E-state index in [0.717, 1.165) is 51.4 Å². The first-order valence-corrected chi connectivity index (χ1v) is 35.1. The maximum absolute atomic E-state index is 12.6. The molecule has 0 saturated carbocycles. The van der Waals surface area contributed by atoms with Gasteiger partial charge in [0.05, 0.1) is 25.4 Å². The van der Waals surface area contributed by atoms with Crippen LogP contribution in [-0.2, 0) is 14.3 Å². The normalized spacial score (nSPS) is 12.6. The molecule has 0 aromatic rings. The van der Waals surface area contributed by atoms with Crippen LogP contribution in [0.4, 0.5) is 0 Å². The Morgan fingerprint density at radius 3 is 1.01 bits per heavy atom. The first-order chi connectivity index (χ1) is 38.0. The number of hydrogen-bond donors (Lipinski definition) is 3. The predicted molar refractivity (Wildman–Crippen MR) is 338 cm³/mol. The summed E-state index contributed by atoms with van der Waals surface area (Å²) in [5, 5.41) is 23.4. The van der Waals surface area contributed by atoms with E-state index in [0.29, 0.717) is 25.9 Å². The van der Waals surface area contributed by atoms with E-state index in [1.54, 1.807) is 0 Å². The molecule has 0 radical (unpaired) electrons. The Morgan fingerprint density at radius 2 is 0.649 bits per heavy atom. The Hall–Kier alpha value is -1.66. The summed E-state index contributed by atoms with van der Waals surface area (Å²) in [6.07, 6.45) is 83.6. The molecule has 0 spiro atoms. The van der Waals surface area contributed by atoms with Crippen molar-refractivity contribution in [3.63, 3.8) is 0 Å². The van der Waals surface area contributed by atoms with Gasteiger partial charge in [0, 0.05) is 12.8 Å².